The molecule has 0 spiro atoms. The molecule has 0 N–H and O–H groups in total. The lowest BCUT2D eigenvalue weighted by atomic mass is 10.0. The molecule has 3 nitrogen and oxygen atoms in total. The summed E-state index contributed by atoms with van der Waals surface area (Å²) < 4.78 is 2.14. The molecule has 5 rings (SSSR count). The zero-order valence-electron chi connectivity index (χ0n) is 14.7. The van der Waals surface area contributed by atoms with E-state index in [9.17, 15) is 0 Å². The Hall–Kier alpha value is -3.17. The van der Waals surface area contributed by atoms with Crippen LogP contribution in [0.2, 0.25) is 5.02 Å². The second kappa shape index (κ2) is 6.22. The molecule has 0 aliphatic carbocycles. The van der Waals surface area contributed by atoms with Crippen LogP contribution >= 0.6 is 11.6 Å². The molecule has 0 fully saturated rings. The molecule has 2 aromatic heterocycles. The SMILES string of the molecule is Cc1nc2ccc(Cl)cc2c2nc(-c3ccccc3)c(-c3ccccc3)n12. The summed E-state index contributed by atoms with van der Waals surface area (Å²) in [7, 11) is 0. The van der Waals surface area contributed by atoms with E-state index >= 15 is 0 Å². The fourth-order valence-corrected chi connectivity index (χ4v) is 3.76. The molecule has 27 heavy (non-hydrogen) atoms. The van der Waals surface area contributed by atoms with E-state index in [1.165, 1.54) is 0 Å². The summed E-state index contributed by atoms with van der Waals surface area (Å²) in [5, 5.41) is 1.63. The Morgan fingerprint density at radius 3 is 2.15 bits per heavy atom. The first-order chi connectivity index (χ1) is 13.2. The minimum atomic E-state index is 0.681. The molecule has 3 aromatic carbocycles. The maximum atomic E-state index is 6.27. The molecular formula is C23H16ClN3. The molecular weight excluding hydrogens is 354 g/mol. The van der Waals surface area contributed by atoms with Crippen LogP contribution in [0.4, 0.5) is 0 Å². The number of rotatable bonds is 2. The normalized spacial score (nSPS) is 11.3. The predicted molar refractivity (Wildman–Crippen MR) is 111 cm³/mol. The van der Waals surface area contributed by atoms with Crippen LogP contribution in [0, 0.1) is 6.92 Å². The Bertz CT molecular complexity index is 1280. The maximum absolute atomic E-state index is 6.27. The number of aromatic nitrogens is 3. The van der Waals surface area contributed by atoms with Crippen LogP contribution in [0.5, 0.6) is 0 Å². The van der Waals surface area contributed by atoms with Crippen LogP contribution < -0.4 is 0 Å². The van der Waals surface area contributed by atoms with Crippen LogP contribution in [0.3, 0.4) is 0 Å². The van der Waals surface area contributed by atoms with Crippen LogP contribution in [0.15, 0.2) is 78.9 Å². The number of aryl methyl sites for hydroxylation is 1. The van der Waals surface area contributed by atoms with Crippen molar-refractivity contribution in [3.05, 3.63) is 89.7 Å². The van der Waals surface area contributed by atoms with Gasteiger partial charge in [-0.2, -0.15) is 0 Å². The topological polar surface area (TPSA) is 30.2 Å². The van der Waals surface area contributed by atoms with Gasteiger partial charge in [-0.15, -0.1) is 0 Å². The van der Waals surface area contributed by atoms with Crippen LogP contribution in [-0.4, -0.2) is 14.4 Å². The lowest BCUT2D eigenvalue weighted by Crippen LogP contribution is -1.99. The number of fused-ring (bicyclic) bond motifs is 3. The van der Waals surface area contributed by atoms with Gasteiger partial charge in [-0.1, -0.05) is 72.3 Å². The highest BCUT2D eigenvalue weighted by molar-refractivity contribution is 6.31. The van der Waals surface area contributed by atoms with E-state index < -0.39 is 0 Å². The van der Waals surface area contributed by atoms with Gasteiger partial charge < -0.3 is 0 Å². The summed E-state index contributed by atoms with van der Waals surface area (Å²) in [6.07, 6.45) is 0. The number of hydrogen-bond acceptors (Lipinski definition) is 2. The number of hydrogen-bond donors (Lipinski definition) is 0. The highest BCUT2D eigenvalue weighted by atomic mass is 35.5. The van der Waals surface area contributed by atoms with Gasteiger partial charge in [0.1, 0.15) is 11.5 Å². The molecule has 2 heterocycles. The first-order valence-corrected chi connectivity index (χ1v) is 9.19. The van der Waals surface area contributed by atoms with Crippen molar-refractivity contribution in [2.24, 2.45) is 0 Å². The zero-order valence-corrected chi connectivity index (χ0v) is 15.5. The summed E-state index contributed by atoms with van der Waals surface area (Å²) >= 11 is 6.27. The van der Waals surface area contributed by atoms with E-state index in [1.54, 1.807) is 0 Å². The number of imidazole rings is 1. The summed E-state index contributed by atoms with van der Waals surface area (Å²) in [5.74, 6) is 0.897. The van der Waals surface area contributed by atoms with Crippen LogP contribution in [-0.2, 0) is 0 Å². The van der Waals surface area contributed by atoms with Gasteiger partial charge in [0.15, 0.2) is 0 Å². The molecule has 0 radical (unpaired) electrons. The standard InChI is InChI=1S/C23H16ClN3/c1-15-25-20-13-12-18(24)14-19(20)23-26-21(16-8-4-2-5-9-16)22(27(15)23)17-10-6-3-7-11-17/h2-14H,1H3. The highest BCUT2D eigenvalue weighted by Crippen LogP contribution is 2.35. The first kappa shape index (κ1) is 16.0. The van der Waals surface area contributed by atoms with Crippen LogP contribution in [0.25, 0.3) is 39.1 Å². The quantitative estimate of drug-likeness (QED) is 0.372. The fraction of sp³-hybridized carbons (Fsp3) is 0.0435. The van der Waals surface area contributed by atoms with E-state index in [-0.39, 0.29) is 0 Å². The molecule has 0 amide bonds. The molecule has 4 heteroatoms. The van der Waals surface area contributed by atoms with E-state index in [1.807, 2.05) is 61.5 Å². The van der Waals surface area contributed by atoms with Gasteiger partial charge in [0.2, 0.25) is 0 Å². The molecule has 0 atom stereocenters. The molecule has 130 valence electrons. The van der Waals surface area contributed by atoms with Gasteiger partial charge in [0.25, 0.3) is 0 Å². The van der Waals surface area contributed by atoms with Crippen LogP contribution in [0.1, 0.15) is 5.82 Å². The van der Waals surface area contributed by atoms with Crippen molar-refractivity contribution in [3.63, 3.8) is 0 Å². The molecule has 0 unspecified atom stereocenters. The minimum Gasteiger partial charge on any atom is -0.279 e. The zero-order chi connectivity index (χ0) is 18.4. The fourth-order valence-electron chi connectivity index (χ4n) is 3.58. The van der Waals surface area contributed by atoms with Crippen molar-refractivity contribution < 1.29 is 0 Å². The Labute approximate surface area is 161 Å². The molecule has 0 aliphatic heterocycles. The number of halogens is 1. The van der Waals surface area contributed by atoms with Gasteiger partial charge in [0.05, 0.1) is 16.9 Å². The van der Waals surface area contributed by atoms with E-state index in [0.29, 0.717) is 5.02 Å². The maximum Gasteiger partial charge on any atom is 0.148 e. The summed E-state index contributed by atoms with van der Waals surface area (Å²) in [5.41, 5.74) is 5.94. The summed E-state index contributed by atoms with van der Waals surface area (Å²) in [6.45, 7) is 2.02. The average molecular weight is 370 g/mol. The second-order valence-corrected chi connectivity index (χ2v) is 6.96. The second-order valence-electron chi connectivity index (χ2n) is 6.52. The van der Waals surface area contributed by atoms with Crippen molar-refractivity contribution in [1.82, 2.24) is 14.4 Å². The molecule has 0 saturated carbocycles. The first-order valence-electron chi connectivity index (χ1n) is 8.81. The van der Waals surface area contributed by atoms with Crippen molar-refractivity contribution in [2.45, 2.75) is 6.92 Å². The van der Waals surface area contributed by atoms with Gasteiger partial charge >= 0.3 is 0 Å². The Morgan fingerprint density at radius 1 is 0.778 bits per heavy atom. The minimum absolute atomic E-state index is 0.681. The van der Waals surface area contributed by atoms with Crippen molar-refractivity contribution in [1.29, 1.82) is 0 Å². The average Bonchev–Trinajstić information content (AvgIpc) is 3.12. The lowest BCUT2D eigenvalue weighted by Gasteiger charge is -2.09. The Kier molecular flexibility index (Phi) is 3.69. The number of benzene rings is 3. The van der Waals surface area contributed by atoms with E-state index in [2.05, 4.69) is 28.7 Å². The van der Waals surface area contributed by atoms with Gasteiger partial charge in [0, 0.05) is 21.5 Å². The largest absolute Gasteiger partial charge is 0.279 e. The van der Waals surface area contributed by atoms with Gasteiger partial charge in [-0.05, 0) is 25.1 Å². The molecule has 0 aliphatic rings. The summed E-state index contributed by atoms with van der Waals surface area (Å²) in [6, 6.07) is 26.4. The molecule has 0 saturated heterocycles. The third kappa shape index (κ3) is 2.59. The van der Waals surface area contributed by atoms with E-state index in [4.69, 9.17) is 21.6 Å². The predicted octanol–water partition coefficient (Wildman–Crippen LogP) is 6.18. The smallest absolute Gasteiger partial charge is 0.148 e. The lowest BCUT2D eigenvalue weighted by molar-refractivity contribution is 1.02. The Morgan fingerprint density at radius 2 is 1.44 bits per heavy atom. The van der Waals surface area contributed by atoms with Crippen molar-refractivity contribution in [2.75, 3.05) is 0 Å². The molecule has 5 aromatic rings. The van der Waals surface area contributed by atoms with Gasteiger partial charge in [-0.3, -0.25) is 4.40 Å². The molecule has 0 bridgehead atoms. The Balaban J connectivity index is 1.98. The summed E-state index contributed by atoms with van der Waals surface area (Å²) in [4.78, 5) is 9.86. The van der Waals surface area contributed by atoms with Crippen molar-refractivity contribution in [3.8, 4) is 22.5 Å². The third-order valence-corrected chi connectivity index (χ3v) is 5.01. The number of nitrogens with zero attached hydrogens (tertiary/aromatic N) is 3. The van der Waals surface area contributed by atoms with E-state index in [0.717, 1.165) is 44.9 Å². The highest BCUT2D eigenvalue weighted by Gasteiger charge is 2.19. The van der Waals surface area contributed by atoms with Crippen molar-refractivity contribution >= 4 is 28.2 Å². The van der Waals surface area contributed by atoms with Gasteiger partial charge in [-0.25, -0.2) is 9.97 Å². The monoisotopic (exact) mass is 369 g/mol. The third-order valence-electron chi connectivity index (χ3n) is 4.78.